The lowest BCUT2D eigenvalue weighted by Crippen LogP contribution is -2.36. The molecule has 0 aliphatic carbocycles. The van der Waals surface area contributed by atoms with Crippen LogP contribution < -0.4 is 10.6 Å². The molecule has 2 amide bonds. The van der Waals surface area contributed by atoms with Gasteiger partial charge in [-0.15, -0.1) is 0 Å². The van der Waals surface area contributed by atoms with Crippen LogP contribution in [-0.2, 0) is 4.79 Å². The molecule has 5 nitrogen and oxygen atoms in total. The summed E-state index contributed by atoms with van der Waals surface area (Å²) >= 11 is 0. The van der Waals surface area contributed by atoms with Crippen LogP contribution in [0.15, 0.2) is 24.3 Å². The Balaban J connectivity index is 2.60. The van der Waals surface area contributed by atoms with Gasteiger partial charge >= 0.3 is 0 Å². The molecule has 0 aromatic heterocycles. The highest BCUT2D eigenvalue weighted by Gasteiger charge is 2.17. The molecule has 0 atom stereocenters. The molecule has 0 fully saturated rings. The molecule has 1 rings (SSSR count). The Morgan fingerprint density at radius 3 is 2.30 bits per heavy atom. The summed E-state index contributed by atoms with van der Waals surface area (Å²) in [6.45, 7) is 5.93. The Hall–Kier alpha value is -1.88. The highest BCUT2D eigenvalue weighted by molar-refractivity contribution is 5.95. The maximum Gasteiger partial charge on any atom is 0.251 e. The van der Waals surface area contributed by atoms with Gasteiger partial charge in [0, 0.05) is 36.2 Å². The molecule has 110 valence electrons. The summed E-state index contributed by atoms with van der Waals surface area (Å²) in [5.41, 5.74) is 0.849. The van der Waals surface area contributed by atoms with E-state index in [0.717, 1.165) is 0 Å². The van der Waals surface area contributed by atoms with Crippen molar-refractivity contribution in [1.82, 2.24) is 5.32 Å². The molecule has 0 spiro atoms. The Labute approximate surface area is 119 Å². The van der Waals surface area contributed by atoms with Crippen molar-refractivity contribution in [2.45, 2.75) is 27.2 Å². The fraction of sp³-hybridized carbons (Fsp3) is 0.467. The molecule has 0 radical (unpaired) electrons. The summed E-state index contributed by atoms with van der Waals surface area (Å²) in [4.78, 5) is 23.1. The van der Waals surface area contributed by atoms with Gasteiger partial charge in [0.05, 0.1) is 0 Å². The fourth-order valence-electron chi connectivity index (χ4n) is 1.43. The van der Waals surface area contributed by atoms with E-state index in [-0.39, 0.29) is 23.8 Å². The smallest absolute Gasteiger partial charge is 0.251 e. The molecule has 20 heavy (non-hydrogen) atoms. The van der Waals surface area contributed by atoms with E-state index in [2.05, 4.69) is 10.6 Å². The van der Waals surface area contributed by atoms with E-state index in [1.807, 2.05) is 13.8 Å². The Morgan fingerprint density at radius 2 is 1.80 bits per heavy atom. The fourth-order valence-corrected chi connectivity index (χ4v) is 1.43. The van der Waals surface area contributed by atoms with E-state index < -0.39 is 0 Å². The summed E-state index contributed by atoms with van der Waals surface area (Å²) < 4.78 is 0. The van der Waals surface area contributed by atoms with Crippen molar-refractivity contribution < 1.29 is 14.7 Å². The zero-order valence-electron chi connectivity index (χ0n) is 12.2. The lowest BCUT2D eigenvalue weighted by atomic mass is 9.95. The highest BCUT2D eigenvalue weighted by atomic mass is 16.3. The topological polar surface area (TPSA) is 78.4 Å². The normalized spacial score (nSPS) is 11.0. The van der Waals surface area contributed by atoms with Crippen LogP contribution in [0, 0.1) is 5.41 Å². The van der Waals surface area contributed by atoms with Crippen molar-refractivity contribution in [3.8, 4) is 0 Å². The van der Waals surface area contributed by atoms with Crippen LogP contribution >= 0.6 is 0 Å². The highest BCUT2D eigenvalue weighted by Crippen LogP contribution is 2.13. The van der Waals surface area contributed by atoms with E-state index in [4.69, 9.17) is 5.11 Å². The van der Waals surface area contributed by atoms with Gasteiger partial charge in [-0.2, -0.15) is 0 Å². The SMILES string of the molecule is CCC(=O)Nc1ccc(C(=O)NCC(C)(C)CO)cc1. The van der Waals surface area contributed by atoms with Gasteiger partial charge in [0.25, 0.3) is 5.91 Å². The summed E-state index contributed by atoms with van der Waals surface area (Å²) in [7, 11) is 0. The largest absolute Gasteiger partial charge is 0.396 e. The molecule has 3 N–H and O–H groups in total. The molecule has 0 aliphatic heterocycles. The number of benzene rings is 1. The standard InChI is InChI=1S/C15H22N2O3/c1-4-13(19)17-12-7-5-11(6-8-12)14(20)16-9-15(2,3)10-18/h5-8,18H,4,9-10H2,1-3H3,(H,16,20)(H,17,19). The zero-order chi connectivity index (χ0) is 15.2. The van der Waals surface area contributed by atoms with Crippen LogP contribution in [0.2, 0.25) is 0 Å². The number of nitrogens with one attached hydrogen (secondary N) is 2. The Kier molecular flexibility index (Phi) is 5.70. The Bertz CT molecular complexity index is 467. The van der Waals surface area contributed by atoms with E-state index in [1.54, 1.807) is 31.2 Å². The summed E-state index contributed by atoms with van der Waals surface area (Å²) in [6, 6.07) is 6.71. The van der Waals surface area contributed by atoms with Gasteiger partial charge in [-0.25, -0.2) is 0 Å². The molecular weight excluding hydrogens is 256 g/mol. The first-order valence-corrected chi connectivity index (χ1v) is 6.67. The van der Waals surface area contributed by atoms with Crippen LogP contribution in [0.4, 0.5) is 5.69 Å². The quantitative estimate of drug-likeness (QED) is 0.742. The van der Waals surface area contributed by atoms with Gasteiger partial charge < -0.3 is 15.7 Å². The van der Waals surface area contributed by atoms with Crippen molar-refractivity contribution in [3.05, 3.63) is 29.8 Å². The average Bonchev–Trinajstić information content (AvgIpc) is 2.45. The number of amides is 2. The van der Waals surface area contributed by atoms with E-state index in [9.17, 15) is 9.59 Å². The molecule has 0 heterocycles. The lowest BCUT2D eigenvalue weighted by molar-refractivity contribution is -0.115. The van der Waals surface area contributed by atoms with Gasteiger partial charge in [0.15, 0.2) is 0 Å². The first-order valence-electron chi connectivity index (χ1n) is 6.67. The molecule has 0 bridgehead atoms. The summed E-state index contributed by atoms with van der Waals surface area (Å²) in [5.74, 6) is -0.258. The van der Waals surface area contributed by atoms with E-state index in [0.29, 0.717) is 24.2 Å². The van der Waals surface area contributed by atoms with Gasteiger partial charge in [0.2, 0.25) is 5.91 Å². The third-order valence-corrected chi connectivity index (χ3v) is 2.91. The van der Waals surface area contributed by atoms with Crippen molar-refractivity contribution in [2.75, 3.05) is 18.5 Å². The monoisotopic (exact) mass is 278 g/mol. The maximum absolute atomic E-state index is 11.9. The van der Waals surface area contributed by atoms with Crippen LogP contribution in [0.25, 0.3) is 0 Å². The third kappa shape index (κ3) is 5.01. The number of aliphatic hydroxyl groups excluding tert-OH is 1. The van der Waals surface area contributed by atoms with Gasteiger partial charge in [-0.1, -0.05) is 20.8 Å². The van der Waals surface area contributed by atoms with E-state index >= 15 is 0 Å². The molecule has 0 saturated carbocycles. The lowest BCUT2D eigenvalue weighted by Gasteiger charge is -2.21. The van der Waals surface area contributed by atoms with Crippen molar-refractivity contribution >= 4 is 17.5 Å². The third-order valence-electron chi connectivity index (χ3n) is 2.91. The number of carbonyl (C=O) groups is 2. The minimum absolute atomic E-state index is 0.00919. The van der Waals surface area contributed by atoms with Crippen molar-refractivity contribution in [3.63, 3.8) is 0 Å². The zero-order valence-corrected chi connectivity index (χ0v) is 12.2. The summed E-state index contributed by atoms with van der Waals surface area (Å²) in [6.07, 6.45) is 0.415. The molecule has 5 heteroatoms. The first-order chi connectivity index (χ1) is 9.38. The molecular formula is C15H22N2O3. The summed E-state index contributed by atoms with van der Waals surface area (Å²) in [5, 5.41) is 14.6. The Morgan fingerprint density at radius 1 is 1.20 bits per heavy atom. The minimum Gasteiger partial charge on any atom is -0.396 e. The average molecular weight is 278 g/mol. The van der Waals surface area contributed by atoms with E-state index in [1.165, 1.54) is 0 Å². The molecule has 0 saturated heterocycles. The predicted molar refractivity (Wildman–Crippen MR) is 78.6 cm³/mol. The number of hydrogen-bond donors (Lipinski definition) is 3. The van der Waals surface area contributed by atoms with Crippen molar-refractivity contribution in [2.24, 2.45) is 5.41 Å². The van der Waals surface area contributed by atoms with Gasteiger partial charge in [-0.05, 0) is 24.3 Å². The van der Waals surface area contributed by atoms with Crippen molar-refractivity contribution in [1.29, 1.82) is 0 Å². The molecule has 1 aromatic rings. The number of anilines is 1. The number of rotatable bonds is 6. The second kappa shape index (κ2) is 7.05. The minimum atomic E-state index is -0.343. The molecule has 0 unspecified atom stereocenters. The van der Waals surface area contributed by atoms with Crippen LogP contribution in [-0.4, -0.2) is 30.1 Å². The number of hydrogen-bond acceptors (Lipinski definition) is 3. The van der Waals surface area contributed by atoms with Gasteiger partial charge in [-0.3, -0.25) is 9.59 Å². The number of aliphatic hydroxyl groups is 1. The molecule has 0 aliphatic rings. The second-order valence-corrected chi connectivity index (χ2v) is 5.48. The maximum atomic E-state index is 11.9. The van der Waals surface area contributed by atoms with Crippen LogP contribution in [0.5, 0.6) is 0 Å². The predicted octanol–water partition coefficient (Wildman–Crippen LogP) is 1.78. The van der Waals surface area contributed by atoms with Gasteiger partial charge in [0.1, 0.15) is 0 Å². The number of carbonyl (C=O) groups excluding carboxylic acids is 2. The first kappa shape index (κ1) is 16.2. The van der Waals surface area contributed by atoms with Crippen LogP contribution in [0.3, 0.4) is 0 Å². The second-order valence-electron chi connectivity index (χ2n) is 5.48. The van der Waals surface area contributed by atoms with Crippen LogP contribution in [0.1, 0.15) is 37.6 Å². The molecule has 1 aromatic carbocycles.